The Morgan fingerprint density at radius 3 is 1.50 bits per heavy atom. The van der Waals surface area contributed by atoms with E-state index in [1.807, 2.05) is 22.7 Å². The lowest BCUT2D eigenvalue weighted by atomic mass is 9.91. The third-order valence-corrected chi connectivity index (χ3v) is 16.5. The fourth-order valence-electron chi connectivity index (χ4n) is 10.8. The Morgan fingerprint density at radius 2 is 0.786 bits per heavy atom. The second-order valence-corrected chi connectivity index (χ2v) is 20.1. The molecule has 0 fully saturated rings. The van der Waals surface area contributed by atoms with Crippen molar-refractivity contribution >= 4 is 102 Å². The highest BCUT2D eigenvalue weighted by molar-refractivity contribution is 7.26. The Bertz CT molecular complexity index is 4290. The summed E-state index contributed by atoms with van der Waals surface area (Å²) >= 11 is 3.78. The maximum atomic E-state index is 2.49. The lowest BCUT2D eigenvalue weighted by molar-refractivity contribution is 1.18. The number of benzene rings is 11. The van der Waals surface area contributed by atoms with Crippen LogP contribution in [0.5, 0.6) is 0 Å². The Kier molecular flexibility index (Phi) is 9.61. The molecule has 0 N–H and O–H groups in total. The van der Waals surface area contributed by atoms with E-state index in [1.165, 1.54) is 90.0 Å². The number of anilines is 3. The summed E-state index contributed by atoms with van der Waals surface area (Å²) in [5.41, 5.74) is 16.3. The molecule has 4 heteroatoms. The third kappa shape index (κ3) is 6.60. The van der Waals surface area contributed by atoms with Gasteiger partial charge >= 0.3 is 0 Å². The van der Waals surface area contributed by atoms with E-state index in [9.17, 15) is 0 Å². The van der Waals surface area contributed by atoms with Gasteiger partial charge in [0.15, 0.2) is 0 Å². The summed E-state index contributed by atoms with van der Waals surface area (Å²) in [6.45, 7) is 0. The molecule has 14 aromatic rings. The zero-order valence-corrected chi connectivity index (χ0v) is 39.6. The molecule has 0 amide bonds. The minimum atomic E-state index is 1.08. The van der Waals surface area contributed by atoms with E-state index in [4.69, 9.17) is 0 Å². The molecule has 3 aromatic heterocycles. The Hall–Kier alpha value is -8.54. The molecule has 0 saturated carbocycles. The van der Waals surface area contributed by atoms with Crippen molar-refractivity contribution in [2.45, 2.75) is 0 Å². The van der Waals surface area contributed by atoms with Gasteiger partial charge in [-0.2, -0.15) is 0 Å². The maximum absolute atomic E-state index is 2.49. The zero-order chi connectivity index (χ0) is 46.1. The number of rotatable bonds is 8. The van der Waals surface area contributed by atoms with Gasteiger partial charge in [0.25, 0.3) is 0 Å². The van der Waals surface area contributed by atoms with Gasteiger partial charge in [-0.1, -0.05) is 194 Å². The van der Waals surface area contributed by atoms with Crippen LogP contribution in [0.1, 0.15) is 0 Å². The van der Waals surface area contributed by atoms with Crippen LogP contribution in [0.15, 0.2) is 255 Å². The molecule has 2 nitrogen and oxygen atoms in total. The van der Waals surface area contributed by atoms with E-state index in [0.29, 0.717) is 0 Å². The average Bonchev–Trinajstić information content (AvgIpc) is 4.12. The number of hydrogen-bond donors (Lipinski definition) is 0. The van der Waals surface area contributed by atoms with Crippen LogP contribution in [0, 0.1) is 0 Å². The highest BCUT2D eigenvalue weighted by Crippen LogP contribution is 2.50. The molecular formula is C66H42N2S2. The molecule has 0 bridgehead atoms. The van der Waals surface area contributed by atoms with Crippen molar-refractivity contribution in [2.75, 3.05) is 4.90 Å². The van der Waals surface area contributed by atoms with Crippen LogP contribution in [0.4, 0.5) is 17.1 Å². The number of nitrogens with zero attached hydrogens (tertiary/aromatic N) is 2. The van der Waals surface area contributed by atoms with Crippen molar-refractivity contribution in [2.24, 2.45) is 0 Å². The van der Waals surface area contributed by atoms with Crippen LogP contribution in [-0.2, 0) is 0 Å². The summed E-state index contributed by atoms with van der Waals surface area (Å²) < 4.78 is 7.62. The fraction of sp³-hybridized carbons (Fsp3) is 0. The number of para-hydroxylation sites is 3. The highest BCUT2D eigenvalue weighted by Gasteiger charge is 2.24. The van der Waals surface area contributed by atoms with Gasteiger partial charge in [0.1, 0.15) is 0 Å². The van der Waals surface area contributed by atoms with Crippen LogP contribution >= 0.6 is 22.7 Å². The summed E-state index contributed by atoms with van der Waals surface area (Å²) in [6, 6.07) is 93.8. The molecule has 0 spiro atoms. The van der Waals surface area contributed by atoms with E-state index < -0.39 is 0 Å². The first-order valence-corrected chi connectivity index (χ1v) is 25.5. The highest BCUT2D eigenvalue weighted by atomic mass is 32.1. The normalized spacial score (nSPS) is 11.7. The summed E-state index contributed by atoms with van der Waals surface area (Å²) in [4.78, 5) is 2.49. The molecule has 14 rings (SSSR count). The molecule has 0 atom stereocenters. The minimum absolute atomic E-state index is 1.08. The first-order chi connectivity index (χ1) is 34.7. The summed E-state index contributed by atoms with van der Waals surface area (Å²) in [7, 11) is 0. The first kappa shape index (κ1) is 40.5. The van der Waals surface area contributed by atoms with Crippen molar-refractivity contribution in [3.63, 3.8) is 0 Å². The van der Waals surface area contributed by atoms with E-state index in [-0.39, 0.29) is 0 Å². The largest absolute Gasteiger partial charge is 0.310 e. The smallest absolute Gasteiger partial charge is 0.0561 e. The Balaban J connectivity index is 1.05. The summed E-state index contributed by atoms with van der Waals surface area (Å²) in [5, 5.41) is 7.63. The van der Waals surface area contributed by atoms with Gasteiger partial charge in [-0.05, 0) is 88.5 Å². The number of thiophene rings is 2. The molecule has 3 heterocycles. The average molecular weight is 927 g/mol. The molecular weight excluding hydrogens is 885 g/mol. The van der Waals surface area contributed by atoms with E-state index >= 15 is 0 Å². The topological polar surface area (TPSA) is 8.17 Å². The zero-order valence-electron chi connectivity index (χ0n) is 38.0. The van der Waals surface area contributed by atoms with Crippen molar-refractivity contribution in [1.29, 1.82) is 0 Å². The van der Waals surface area contributed by atoms with Crippen molar-refractivity contribution in [3.05, 3.63) is 255 Å². The van der Waals surface area contributed by atoms with E-state index in [0.717, 1.165) is 39.4 Å². The van der Waals surface area contributed by atoms with Crippen molar-refractivity contribution < 1.29 is 0 Å². The standard InChI is InChI=1S/C66H42N2S2/c1-3-17-43(18-4-1)44-33-35-45(36-34-44)49-21-7-11-29-60(49)67(48-38-40-52-51-22-8-12-30-61(51)68(62(52)42-48)46-19-5-2-6-20-46)47-37-39-50(55-25-15-26-56-53-23-9-13-31-63(53)69-65(55)56)59(41-47)58-28-16-27-57-54-24-10-14-32-64(54)70-66(57)58/h1-42H. The van der Waals surface area contributed by atoms with Crippen LogP contribution < -0.4 is 4.90 Å². The molecule has 0 saturated heterocycles. The van der Waals surface area contributed by atoms with Gasteiger partial charge in [-0.3, -0.25) is 0 Å². The first-order valence-electron chi connectivity index (χ1n) is 23.8. The minimum Gasteiger partial charge on any atom is -0.310 e. The quantitative estimate of drug-likeness (QED) is 0.147. The Morgan fingerprint density at radius 1 is 0.286 bits per heavy atom. The van der Waals surface area contributed by atoms with Gasteiger partial charge in [-0.15, -0.1) is 22.7 Å². The van der Waals surface area contributed by atoms with Gasteiger partial charge in [0, 0.05) is 84.9 Å². The van der Waals surface area contributed by atoms with Crippen LogP contribution in [0.25, 0.3) is 112 Å². The molecule has 70 heavy (non-hydrogen) atoms. The second kappa shape index (κ2) is 16.6. The molecule has 0 aliphatic carbocycles. The van der Waals surface area contributed by atoms with Crippen LogP contribution in [0.2, 0.25) is 0 Å². The van der Waals surface area contributed by atoms with Gasteiger partial charge in [-0.25, -0.2) is 0 Å². The molecule has 0 aliphatic heterocycles. The number of fused-ring (bicyclic) bond motifs is 9. The van der Waals surface area contributed by atoms with Crippen molar-refractivity contribution in [1.82, 2.24) is 4.57 Å². The predicted molar refractivity (Wildman–Crippen MR) is 303 cm³/mol. The van der Waals surface area contributed by atoms with Gasteiger partial charge < -0.3 is 9.47 Å². The van der Waals surface area contributed by atoms with Crippen LogP contribution in [0.3, 0.4) is 0 Å². The Labute approximate surface area is 413 Å². The fourth-order valence-corrected chi connectivity index (χ4v) is 13.3. The van der Waals surface area contributed by atoms with Gasteiger partial charge in [0.2, 0.25) is 0 Å². The van der Waals surface area contributed by atoms with Gasteiger partial charge in [0.05, 0.1) is 16.7 Å². The lowest BCUT2D eigenvalue weighted by Gasteiger charge is -2.29. The summed E-state index contributed by atoms with van der Waals surface area (Å²) in [6.07, 6.45) is 0. The predicted octanol–water partition coefficient (Wildman–Crippen LogP) is 19.7. The summed E-state index contributed by atoms with van der Waals surface area (Å²) in [5.74, 6) is 0. The van der Waals surface area contributed by atoms with E-state index in [2.05, 4.69) is 264 Å². The van der Waals surface area contributed by atoms with E-state index in [1.54, 1.807) is 0 Å². The number of aromatic nitrogens is 1. The molecule has 0 unspecified atom stereocenters. The lowest BCUT2D eigenvalue weighted by Crippen LogP contribution is -2.12. The second-order valence-electron chi connectivity index (χ2n) is 18.0. The van der Waals surface area contributed by atoms with Crippen LogP contribution in [-0.4, -0.2) is 4.57 Å². The molecule has 0 aliphatic rings. The maximum Gasteiger partial charge on any atom is 0.0561 e. The molecule has 328 valence electrons. The number of hydrogen-bond acceptors (Lipinski definition) is 3. The third-order valence-electron chi connectivity index (χ3n) is 14.0. The van der Waals surface area contributed by atoms with Crippen molar-refractivity contribution in [3.8, 4) is 50.2 Å². The molecule has 0 radical (unpaired) electrons. The monoisotopic (exact) mass is 926 g/mol. The molecule has 11 aromatic carbocycles. The SMILES string of the molecule is c1ccc(-c2ccc(-c3ccccc3N(c3ccc(-c4cccc5c4sc4ccccc45)c(-c4cccc5c4sc4ccccc45)c3)c3ccc4c5ccccc5n(-c5ccccc5)c4c3)cc2)cc1.